The molecule has 0 aliphatic carbocycles. The summed E-state index contributed by atoms with van der Waals surface area (Å²) in [5.74, 6) is -3.90. The lowest BCUT2D eigenvalue weighted by molar-refractivity contribution is -0.160. The van der Waals surface area contributed by atoms with E-state index in [0.717, 1.165) is 11.1 Å². The van der Waals surface area contributed by atoms with Crippen LogP contribution >= 0.6 is 15.9 Å². The quantitative estimate of drug-likeness (QED) is 0.116. The number of carbonyl (C=O) groups excluding carboxylic acids is 4. The summed E-state index contributed by atoms with van der Waals surface area (Å²) in [5.41, 5.74) is 2.32. The number of rotatable bonds is 15. The molecule has 1 unspecified atom stereocenters. The molecule has 3 aromatic rings. The van der Waals surface area contributed by atoms with Gasteiger partial charge >= 0.3 is 5.97 Å². The van der Waals surface area contributed by atoms with Gasteiger partial charge in [0.1, 0.15) is 17.7 Å². The molecule has 3 saturated heterocycles. The van der Waals surface area contributed by atoms with E-state index in [1.807, 2.05) is 80.6 Å². The van der Waals surface area contributed by atoms with Crippen LogP contribution in [0.4, 0.5) is 5.69 Å². The first-order valence-electron chi connectivity index (χ1n) is 18.0. The van der Waals surface area contributed by atoms with Crippen LogP contribution < -0.4 is 10.2 Å². The summed E-state index contributed by atoms with van der Waals surface area (Å²) in [7, 11) is 0. The van der Waals surface area contributed by atoms with Gasteiger partial charge in [-0.2, -0.15) is 0 Å². The van der Waals surface area contributed by atoms with Crippen molar-refractivity contribution in [2.75, 3.05) is 24.6 Å². The molecular weight excluding hydrogens is 738 g/mol. The third-order valence-corrected chi connectivity index (χ3v) is 11.5. The van der Waals surface area contributed by atoms with Gasteiger partial charge in [0.05, 0.1) is 37.1 Å². The number of likely N-dealkylation sites (tertiary alicyclic amines) is 1. The van der Waals surface area contributed by atoms with E-state index < -0.39 is 66.1 Å². The molecule has 2 N–H and O–H groups in total. The predicted octanol–water partition coefficient (Wildman–Crippen LogP) is 5.67. The Bertz CT molecular complexity index is 1840. The van der Waals surface area contributed by atoms with Crippen molar-refractivity contribution in [3.8, 4) is 0 Å². The van der Waals surface area contributed by atoms with Crippen molar-refractivity contribution in [1.29, 1.82) is 0 Å². The average molecular weight is 785 g/mol. The molecule has 11 heteroatoms. The first-order valence-corrected chi connectivity index (χ1v) is 18.9. The van der Waals surface area contributed by atoms with Crippen LogP contribution in [0, 0.1) is 25.7 Å². The molecule has 0 saturated carbocycles. The number of halogens is 1. The number of alkyl halides is 1. The van der Waals surface area contributed by atoms with Crippen molar-refractivity contribution in [3.05, 3.63) is 126 Å². The smallest absolute Gasteiger partial charge is 0.313 e. The van der Waals surface area contributed by atoms with E-state index >= 15 is 9.59 Å². The molecule has 1 spiro atoms. The van der Waals surface area contributed by atoms with Crippen LogP contribution in [-0.4, -0.2) is 76.0 Å². The van der Waals surface area contributed by atoms with Crippen molar-refractivity contribution < 1.29 is 33.8 Å². The summed E-state index contributed by atoms with van der Waals surface area (Å²) in [6.07, 6.45) is 2.69. The molecule has 3 heterocycles. The molecule has 3 aliphatic rings. The fraction of sp³-hybridized carbons (Fsp3) is 0.381. The van der Waals surface area contributed by atoms with Gasteiger partial charge in [0.2, 0.25) is 11.8 Å². The molecule has 278 valence electrons. The highest BCUT2D eigenvalue weighted by atomic mass is 79.9. The van der Waals surface area contributed by atoms with Crippen molar-refractivity contribution >= 4 is 45.3 Å². The molecule has 3 amide bonds. The topological polar surface area (TPSA) is 125 Å². The molecule has 6 rings (SSSR count). The zero-order valence-electron chi connectivity index (χ0n) is 30.0. The van der Waals surface area contributed by atoms with Crippen LogP contribution in [0.3, 0.4) is 0 Å². The molecule has 0 radical (unpaired) electrons. The van der Waals surface area contributed by atoms with Crippen LogP contribution in [0.25, 0.3) is 0 Å². The Kier molecular flexibility index (Phi) is 11.7. The second-order valence-electron chi connectivity index (χ2n) is 14.0. The molecule has 8 atom stereocenters. The number of esters is 1. The van der Waals surface area contributed by atoms with E-state index in [2.05, 4.69) is 34.4 Å². The Labute approximate surface area is 319 Å². The lowest BCUT2D eigenvalue weighted by Crippen LogP contribution is -2.58. The largest absolute Gasteiger partial charge is 0.455 e. The number of amides is 3. The van der Waals surface area contributed by atoms with Crippen LogP contribution in [0.5, 0.6) is 0 Å². The lowest BCUT2D eigenvalue weighted by atomic mass is 9.70. The highest BCUT2D eigenvalue weighted by Crippen LogP contribution is 2.61. The first kappa shape index (κ1) is 38.2. The maximum atomic E-state index is 15.3. The van der Waals surface area contributed by atoms with Gasteiger partial charge in [-0.05, 0) is 48.9 Å². The number of benzene rings is 3. The summed E-state index contributed by atoms with van der Waals surface area (Å²) in [6, 6.07) is 21.8. The van der Waals surface area contributed by atoms with Gasteiger partial charge in [0, 0.05) is 23.5 Å². The summed E-state index contributed by atoms with van der Waals surface area (Å²) < 4.78 is 13.0. The molecular formula is C42H46BrN3O7. The number of aliphatic hydroxyl groups is 1. The minimum atomic E-state index is -1.42. The van der Waals surface area contributed by atoms with Gasteiger partial charge < -0.3 is 29.7 Å². The van der Waals surface area contributed by atoms with Gasteiger partial charge in [-0.3, -0.25) is 19.2 Å². The number of carbonyl (C=O) groups is 4. The second-order valence-corrected chi connectivity index (χ2v) is 15.1. The number of aliphatic hydroxyl groups excluding tert-OH is 1. The average Bonchev–Trinajstić information content (AvgIpc) is 3.76. The third-order valence-electron chi connectivity index (χ3n) is 10.7. The van der Waals surface area contributed by atoms with Crippen molar-refractivity contribution in [3.63, 3.8) is 0 Å². The van der Waals surface area contributed by atoms with E-state index in [4.69, 9.17) is 9.47 Å². The molecule has 3 aliphatic heterocycles. The zero-order chi connectivity index (χ0) is 37.9. The van der Waals surface area contributed by atoms with Crippen molar-refractivity contribution in [2.24, 2.45) is 11.8 Å². The molecule has 10 nitrogen and oxygen atoms in total. The van der Waals surface area contributed by atoms with Crippen molar-refractivity contribution in [2.45, 2.75) is 67.8 Å². The Morgan fingerprint density at radius 2 is 1.66 bits per heavy atom. The normalized spacial score (nSPS) is 25.3. The SMILES string of the molecule is C=CCCC(=O)NC[C@H](OC(=O)[C@@H]1[C@H]2O[C@@]3(CC2Br)[C@H](C(=O)N(CC=C)c2c(C)cccc2C)N([C@H](CO)c2ccccc2)C(=O)[C@@H]13)c1ccccc1. The van der Waals surface area contributed by atoms with Gasteiger partial charge in [0.15, 0.2) is 0 Å². The number of nitrogens with one attached hydrogen (secondary N) is 1. The molecule has 3 fully saturated rings. The number of ether oxygens (including phenoxy) is 2. The van der Waals surface area contributed by atoms with Gasteiger partial charge in [0.25, 0.3) is 5.91 Å². The third kappa shape index (κ3) is 7.10. The monoisotopic (exact) mass is 783 g/mol. The number of para-hydroxylation sites is 1. The molecule has 0 aromatic heterocycles. The number of anilines is 1. The first-order chi connectivity index (χ1) is 25.6. The fourth-order valence-corrected chi connectivity index (χ4v) is 9.37. The number of allylic oxidation sites excluding steroid dienone is 1. The summed E-state index contributed by atoms with van der Waals surface area (Å²) in [6.45, 7) is 11.2. The minimum absolute atomic E-state index is 0.0194. The maximum absolute atomic E-state index is 15.3. The number of aryl methyl sites for hydroxylation is 2. The highest BCUT2D eigenvalue weighted by Gasteiger charge is 2.77. The van der Waals surface area contributed by atoms with Gasteiger partial charge in [-0.1, -0.05) is 107 Å². The Balaban J connectivity index is 1.42. The summed E-state index contributed by atoms with van der Waals surface area (Å²) in [4.78, 5) is 60.1. The number of hydrogen-bond acceptors (Lipinski definition) is 7. The highest BCUT2D eigenvalue weighted by molar-refractivity contribution is 9.09. The standard InChI is InChI=1S/C42H46BrN3O7/c1-5-7-21-33(48)44-24-32(29-19-12-9-13-20-29)52-41(51)34-35-39(49)46(31(25-47)28-17-10-8-11-18-28)38(42(35)23-30(43)37(34)53-42)40(50)45(22-6-2)36-26(3)15-14-16-27(36)4/h5-6,8-20,30-32,34-35,37-38,47H,1-2,7,21-25H2,3-4H3,(H,44,48)/t30?,31-,32+,34+,35-,37+,38+,42-/m1/s1. The van der Waals surface area contributed by atoms with Gasteiger partial charge in [-0.15, -0.1) is 13.2 Å². The number of hydrogen-bond donors (Lipinski definition) is 2. The Morgan fingerprint density at radius 3 is 2.26 bits per heavy atom. The van der Waals surface area contributed by atoms with E-state index in [9.17, 15) is 14.7 Å². The van der Waals surface area contributed by atoms with E-state index in [0.29, 0.717) is 23.2 Å². The predicted molar refractivity (Wildman–Crippen MR) is 205 cm³/mol. The number of fused-ring (bicyclic) bond motifs is 1. The van der Waals surface area contributed by atoms with Crippen LogP contribution in [0.15, 0.2) is 104 Å². The lowest BCUT2D eigenvalue weighted by Gasteiger charge is -2.40. The molecule has 2 bridgehead atoms. The summed E-state index contributed by atoms with van der Waals surface area (Å²) >= 11 is 3.75. The van der Waals surface area contributed by atoms with E-state index in [-0.39, 0.29) is 36.7 Å². The minimum Gasteiger partial charge on any atom is -0.455 e. The fourth-order valence-electron chi connectivity index (χ4n) is 8.42. The van der Waals surface area contributed by atoms with Gasteiger partial charge in [-0.25, -0.2) is 0 Å². The van der Waals surface area contributed by atoms with E-state index in [1.54, 1.807) is 29.2 Å². The Hall–Kier alpha value is -4.58. The Morgan fingerprint density at radius 1 is 1.02 bits per heavy atom. The van der Waals surface area contributed by atoms with E-state index in [1.165, 1.54) is 4.90 Å². The van der Waals surface area contributed by atoms with Crippen LogP contribution in [-0.2, 0) is 28.7 Å². The van der Waals surface area contributed by atoms with Crippen LogP contribution in [0.1, 0.15) is 53.7 Å². The molecule has 3 aromatic carbocycles. The van der Waals surface area contributed by atoms with Crippen LogP contribution in [0.2, 0.25) is 0 Å². The zero-order valence-corrected chi connectivity index (χ0v) is 31.6. The number of nitrogens with zero attached hydrogens (tertiary/aromatic N) is 2. The molecule has 53 heavy (non-hydrogen) atoms. The second kappa shape index (κ2) is 16.2. The summed E-state index contributed by atoms with van der Waals surface area (Å²) in [5, 5.41) is 13.8. The van der Waals surface area contributed by atoms with Crippen molar-refractivity contribution in [1.82, 2.24) is 10.2 Å². The maximum Gasteiger partial charge on any atom is 0.313 e.